The molecule has 0 aromatic carbocycles. The van der Waals surface area contributed by atoms with E-state index in [0.717, 1.165) is 18.2 Å². The number of hydrogen-bond acceptors (Lipinski definition) is 2. The van der Waals surface area contributed by atoms with Gasteiger partial charge in [0.15, 0.2) is 4.47 Å². The highest BCUT2D eigenvalue weighted by Crippen LogP contribution is 2.05. The van der Waals surface area contributed by atoms with Gasteiger partial charge >= 0.3 is 0 Å². The van der Waals surface area contributed by atoms with Crippen LogP contribution in [0.3, 0.4) is 0 Å². The summed E-state index contributed by atoms with van der Waals surface area (Å²) in [6.07, 6.45) is 6.56. The number of thiazole rings is 1. The third-order valence-corrected chi connectivity index (χ3v) is 2.66. The predicted octanol–water partition coefficient (Wildman–Crippen LogP) is 1.15. The molecule has 0 saturated heterocycles. The first-order valence-electron chi connectivity index (χ1n) is 3.19. The Labute approximate surface area is 67.7 Å². The van der Waals surface area contributed by atoms with Crippen LogP contribution in [0.1, 0.15) is 12.8 Å². The molecule has 2 rings (SSSR count). The van der Waals surface area contributed by atoms with E-state index >= 15 is 0 Å². The molecule has 1 heterocycles. The lowest BCUT2D eigenvalue weighted by molar-refractivity contribution is 1.10. The number of rotatable bonds is 0. The van der Waals surface area contributed by atoms with E-state index in [4.69, 9.17) is 11.6 Å². The normalized spacial score (nSPS) is 15.3. The number of halogens is 1. The number of nitrogens with zero attached hydrogens (tertiary/aromatic N) is 1. The van der Waals surface area contributed by atoms with Gasteiger partial charge in [-0.1, -0.05) is 23.8 Å². The van der Waals surface area contributed by atoms with E-state index in [-0.39, 0.29) is 0 Å². The van der Waals surface area contributed by atoms with Crippen LogP contribution < -0.4 is 9.88 Å². The van der Waals surface area contributed by atoms with E-state index in [2.05, 4.69) is 17.1 Å². The number of hydrogen-bond donors (Lipinski definition) is 0. The van der Waals surface area contributed by atoms with Crippen LogP contribution in [0.4, 0.5) is 0 Å². The van der Waals surface area contributed by atoms with E-state index < -0.39 is 0 Å². The van der Waals surface area contributed by atoms with E-state index in [1.165, 1.54) is 4.53 Å². The van der Waals surface area contributed by atoms with Crippen LogP contribution in [-0.4, -0.2) is 4.98 Å². The molecule has 1 aliphatic rings. The monoisotopic (exact) mass is 171 g/mol. The van der Waals surface area contributed by atoms with E-state index in [0.29, 0.717) is 4.47 Å². The highest BCUT2D eigenvalue weighted by molar-refractivity contribution is 7.13. The van der Waals surface area contributed by atoms with Gasteiger partial charge in [0.2, 0.25) is 0 Å². The lowest BCUT2D eigenvalue weighted by Crippen LogP contribution is -2.22. The summed E-state index contributed by atoms with van der Waals surface area (Å²) in [5.74, 6) is 0. The average Bonchev–Trinajstić information content (AvgIpc) is 2.27. The van der Waals surface area contributed by atoms with E-state index in [9.17, 15) is 0 Å². The second kappa shape index (κ2) is 2.36. The largest absolute Gasteiger partial charge is 0.225 e. The molecular formula is C7H6ClNS. The third-order valence-electron chi connectivity index (χ3n) is 1.49. The van der Waals surface area contributed by atoms with Gasteiger partial charge in [-0.05, 0) is 12.8 Å². The number of fused-ring (bicyclic) bond motifs is 1. The molecular weight excluding hydrogens is 166 g/mol. The van der Waals surface area contributed by atoms with E-state index in [1.54, 1.807) is 11.3 Å². The summed E-state index contributed by atoms with van der Waals surface area (Å²) >= 11 is 7.28. The average molecular weight is 172 g/mol. The molecule has 10 heavy (non-hydrogen) atoms. The summed E-state index contributed by atoms with van der Waals surface area (Å²) in [5, 5.41) is 1.07. The maximum atomic E-state index is 5.72. The van der Waals surface area contributed by atoms with Crippen LogP contribution in [0, 0.1) is 0 Å². The van der Waals surface area contributed by atoms with E-state index in [1.807, 2.05) is 0 Å². The predicted molar refractivity (Wildman–Crippen MR) is 44.5 cm³/mol. The second-order valence-electron chi connectivity index (χ2n) is 2.20. The molecule has 52 valence electrons. The summed E-state index contributed by atoms with van der Waals surface area (Å²) < 4.78 is 1.88. The highest BCUT2D eigenvalue weighted by Gasteiger charge is 1.98. The Hall–Kier alpha value is -0.340. The van der Waals surface area contributed by atoms with Gasteiger partial charge in [-0.3, -0.25) is 0 Å². The number of aromatic nitrogens is 1. The third kappa shape index (κ3) is 0.976. The first-order valence-corrected chi connectivity index (χ1v) is 4.38. The quantitative estimate of drug-likeness (QED) is 0.571. The van der Waals surface area contributed by atoms with Gasteiger partial charge < -0.3 is 0 Å². The van der Waals surface area contributed by atoms with Crippen LogP contribution in [-0.2, 0) is 0 Å². The van der Waals surface area contributed by atoms with Gasteiger partial charge in [-0.25, -0.2) is 4.98 Å². The Morgan fingerprint density at radius 1 is 1.40 bits per heavy atom. The molecule has 1 aliphatic carbocycles. The minimum Gasteiger partial charge on any atom is -0.225 e. The molecule has 3 heteroatoms. The van der Waals surface area contributed by atoms with Crippen LogP contribution in [0.25, 0.3) is 12.2 Å². The SMILES string of the molecule is Clc1nc2c(s1)=CCCC=2. The lowest BCUT2D eigenvalue weighted by Gasteiger charge is -1.89. The summed E-state index contributed by atoms with van der Waals surface area (Å²) in [7, 11) is 0. The fourth-order valence-corrected chi connectivity index (χ4v) is 2.14. The maximum Gasteiger partial charge on any atom is 0.184 e. The van der Waals surface area contributed by atoms with Gasteiger partial charge in [0.1, 0.15) is 0 Å². The summed E-state index contributed by atoms with van der Waals surface area (Å²) in [5.41, 5.74) is 0. The minimum absolute atomic E-state index is 0.652. The molecule has 0 amide bonds. The Morgan fingerprint density at radius 3 is 3.00 bits per heavy atom. The van der Waals surface area contributed by atoms with Crippen molar-refractivity contribution in [3.8, 4) is 0 Å². The zero-order valence-corrected chi connectivity index (χ0v) is 6.87. The van der Waals surface area contributed by atoms with Gasteiger partial charge in [-0.2, -0.15) is 0 Å². The molecule has 0 spiro atoms. The van der Waals surface area contributed by atoms with Crippen molar-refractivity contribution in [1.82, 2.24) is 4.98 Å². The van der Waals surface area contributed by atoms with Gasteiger partial charge in [-0.15, -0.1) is 11.3 Å². The van der Waals surface area contributed by atoms with Crippen LogP contribution in [0.2, 0.25) is 4.47 Å². The molecule has 0 unspecified atom stereocenters. The van der Waals surface area contributed by atoms with Crippen molar-refractivity contribution in [1.29, 1.82) is 0 Å². The first-order chi connectivity index (χ1) is 4.86. The molecule has 1 aromatic rings. The fraction of sp³-hybridized carbons (Fsp3) is 0.286. The van der Waals surface area contributed by atoms with Crippen LogP contribution in [0.15, 0.2) is 0 Å². The summed E-state index contributed by atoms with van der Waals surface area (Å²) in [6, 6.07) is 0. The van der Waals surface area contributed by atoms with Crippen molar-refractivity contribution in [2.45, 2.75) is 12.8 Å². The molecule has 1 nitrogen and oxygen atoms in total. The second-order valence-corrected chi connectivity index (χ2v) is 3.81. The Balaban J connectivity index is 2.83. The molecule has 0 N–H and O–H groups in total. The Bertz CT molecular complexity index is 319. The van der Waals surface area contributed by atoms with Crippen molar-refractivity contribution in [2.24, 2.45) is 0 Å². The summed E-state index contributed by atoms with van der Waals surface area (Å²) in [6.45, 7) is 0. The maximum absolute atomic E-state index is 5.72. The van der Waals surface area contributed by atoms with Gasteiger partial charge in [0.25, 0.3) is 0 Å². The lowest BCUT2D eigenvalue weighted by atomic mass is 10.2. The molecule has 0 radical (unpaired) electrons. The topological polar surface area (TPSA) is 12.9 Å². The van der Waals surface area contributed by atoms with Crippen LogP contribution in [0.5, 0.6) is 0 Å². The summed E-state index contributed by atoms with van der Waals surface area (Å²) in [4.78, 5) is 4.15. The van der Waals surface area contributed by atoms with Crippen molar-refractivity contribution < 1.29 is 0 Å². The standard InChI is InChI=1S/C7H6ClNS/c8-7-9-5-3-1-2-4-6(5)10-7/h3-4H,1-2H2. The Morgan fingerprint density at radius 2 is 2.20 bits per heavy atom. The van der Waals surface area contributed by atoms with Gasteiger partial charge in [0, 0.05) is 0 Å². The molecule has 0 saturated carbocycles. The molecule has 0 atom stereocenters. The van der Waals surface area contributed by atoms with Gasteiger partial charge in [0.05, 0.1) is 9.88 Å². The fourth-order valence-electron chi connectivity index (χ4n) is 1.04. The van der Waals surface area contributed by atoms with Crippen molar-refractivity contribution in [3.63, 3.8) is 0 Å². The van der Waals surface area contributed by atoms with Crippen molar-refractivity contribution in [3.05, 3.63) is 14.3 Å². The smallest absolute Gasteiger partial charge is 0.184 e. The molecule has 0 fully saturated rings. The first kappa shape index (κ1) is 6.38. The molecule has 0 bridgehead atoms. The molecule has 0 aliphatic heterocycles. The zero-order chi connectivity index (χ0) is 6.97. The highest BCUT2D eigenvalue weighted by atomic mass is 35.5. The van der Waals surface area contributed by atoms with Crippen molar-refractivity contribution >= 4 is 35.1 Å². The minimum atomic E-state index is 0.652. The Kier molecular flexibility index (Phi) is 1.51. The zero-order valence-electron chi connectivity index (χ0n) is 5.30. The molecule has 1 aromatic heterocycles. The van der Waals surface area contributed by atoms with Crippen molar-refractivity contribution in [2.75, 3.05) is 0 Å². The van der Waals surface area contributed by atoms with Crippen LogP contribution >= 0.6 is 22.9 Å².